The van der Waals surface area contributed by atoms with Crippen molar-refractivity contribution in [1.29, 1.82) is 0 Å². The predicted molar refractivity (Wildman–Crippen MR) is 127 cm³/mol. The van der Waals surface area contributed by atoms with Crippen LogP contribution in [-0.2, 0) is 6.54 Å². The van der Waals surface area contributed by atoms with Gasteiger partial charge in [-0.3, -0.25) is 15.1 Å². The fourth-order valence-electron chi connectivity index (χ4n) is 4.11. The summed E-state index contributed by atoms with van der Waals surface area (Å²) in [5.74, 6) is 0. The van der Waals surface area contributed by atoms with Crippen molar-refractivity contribution in [3.63, 3.8) is 0 Å². The number of hydrogen-bond acceptors (Lipinski definition) is 6. The fourth-order valence-corrected chi connectivity index (χ4v) is 4.11. The Morgan fingerprint density at radius 3 is 2.73 bits per heavy atom. The molecular weight excluding hydrogens is 414 g/mol. The van der Waals surface area contributed by atoms with Crippen LogP contribution in [0.2, 0.25) is 0 Å². The van der Waals surface area contributed by atoms with Gasteiger partial charge in [-0.15, -0.1) is 0 Å². The minimum absolute atomic E-state index is 0.664. The average molecular weight is 435 g/mol. The molecule has 6 aromatic heterocycles. The molecule has 6 rings (SSSR count). The normalized spacial score (nSPS) is 11.5. The minimum atomic E-state index is 0.664. The Morgan fingerprint density at radius 1 is 0.939 bits per heavy atom. The van der Waals surface area contributed by atoms with Crippen molar-refractivity contribution >= 4 is 21.9 Å². The number of aromatic nitrogens is 6. The number of nitrogens with one attached hydrogen (secondary N) is 3. The zero-order chi connectivity index (χ0) is 22.2. The first-order chi connectivity index (χ1) is 16.3. The molecule has 0 aliphatic rings. The summed E-state index contributed by atoms with van der Waals surface area (Å²) in [5.41, 5.74) is 8.55. The lowest BCUT2D eigenvalue weighted by atomic mass is 10.1. The molecule has 3 N–H and O–H groups in total. The van der Waals surface area contributed by atoms with Crippen molar-refractivity contribution in [3.8, 4) is 33.6 Å². The molecule has 0 radical (unpaired) electrons. The third kappa shape index (κ3) is 3.46. The summed E-state index contributed by atoms with van der Waals surface area (Å²) in [7, 11) is 0. The Bertz CT molecular complexity index is 1560. The van der Waals surface area contributed by atoms with Crippen LogP contribution in [0, 0.1) is 0 Å². The van der Waals surface area contributed by atoms with Crippen LogP contribution in [0.15, 0.2) is 72.2 Å². The van der Waals surface area contributed by atoms with Gasteiger partial charge in [-0.05, 0) is 36.4 Å². The third-order valence-electron chi connectivity index (χ3n) is 5.76. The summed E-state index contributed by atoms with van der Waals surface area (Å²) in [5, 5.41) is 12.9. The van der Waals surface area contributed by atoms with Gasteiger partial charge in [-0.25, -0.2) is 4.98 Å². The van der Waals surface area contributed by atoms with Crippen LogP contribution < -0.4 is 5.32 Å². The standard InChI is InChI=1S/C25H21N7O/c1-2-26-8-15-5-17(10-27-9-15)18-6-20-24(31-32-25(20)29-11-18)22-7-19-21(16-3-4-33-14-16)12-28-13-23(19)30-22/h3-7,9-14,26,30H,2,8H2,1H3,(H,29,31,32). The largest absolute Gasteiger partial charge is 0.472 e. The molecule has 0 aromatic carbocycles. The van der Waals surface area contributed by atoms with E-state index in [1.165, 1.54) is 0 Å². The molecule has 33 heavy (non-hydrogen) atoms. The Morgan fingerprint density at radius 2 is 1.85 bits per heavy atom. The number of fused-ring (bicyclic) bond motifs is 2. The van der Waals surface area contributed by atoms with Gasteiger partial charge < -0.3 is 14.7 Å². The van der Waals surface area contributed by atoms with Crippen molar-refractivity contribution in [2.24, 2.45) is 0 Å². The van der Waals surface area contributed by atoms with Gasteiger partial charge in [0, 0.05) is 64.4 Å². The molecule has 0 fully saturated rings. The van der Waals surface area contributed by atoms with E-state index in [1.54, 1.807) is 12.5 Å². The van der Waals surface area contributed by atoms with Crippen LogP contribution in [0.1, 0.15) is 12.5 Å². The van der Waals surface area contributed by atoms with Gasteiger partial charge in [0.05, 0.1) is 35.6 Å². The lowest BCUT2D eigenvalue weighted by molar-refractivity contribution is 0.568. The number of furan rings is 1. The van der Waals surface area contributed by atoms with Crippen molar-refractivity contribution in [2.75, 3.05) is 6.54 Å². The van der Waals surface area contributed by atoms with E-state index in [4.69, 9.17) is 4.42 Å². The topological polar surface area (TPSA) is 108 Å². The second-order valence-corrected chi connectivity index (χ2v) is 7.90. The number of rotatable bonds is 6. The lowest BCUT2D eigenvalue weighted by Crippen LogP contribution is -2.11. The van der Waals surface area contributed by atoms with E-state index in [9.17, 15) is 0 Å². The van der Waals surface area contributed by atoms with Crippen LogP contribution in [0.3, 0.4) is 0 Å². The quantitative estimate of drug-likeness (QED) is 0.342. The lowest BCUT2D eigenvalue weighted by Gasteiger charge is -2.05. The van der Waals surface area contributed by atoms with Crippen LogP contribution in [-0.4, -0.2) is 36.7 Å². The second kappa shape index (κ2) is 7.99. The molecule has 8 nitrogen and oxygen atoms in total. The Labute approximate surface area is 189 Å². The van der Waals surface area contributed by atoms with E-state index < -0.39 is 0 Å². The second-order valence-electron chi connectivity index (χ2n) is 7.90. The van der Waals surface area contributed by atoms with Gasteiger partial charge in [0.15, 0.2) is 5.65 Å². The molecule has 6 heterocycles. The van der Waals surface area contributed by atoms with Gasteiger partial charge in [-0.2, -0.15) is 5.10 Å². The number of hydrogen-bond donors (Lipinski definition) is 3. The van der Waals surface area contributed by atoms with Gasteiger partial charge >= 0.3 is 0 Å². The monoisotopic (exact) mass is 435 g/mol. The van der Waals surface area contributed by atoms with Gasteiger partial charge in [-0.1, -0.05) is 6.92 Å². The first kappa shape index (κ1) is 19.4. The number of H-pyrrole nitrogens is 2. The maximum absolute atomic E-state index is 5.27. The van der Waals surface area contributed by atoms with Gasteiger partial charge in [0.2, 0.25) is 0 Å². The predicted octanol–water partition coefficient (Wildman–Crippen LogP) is 4.93. The molecule has 0 spiro atoms. The van der Waals surface area contributed by atoms with E-state index in [-0.39, 0.29) is 0 Å². The molecule has 0 aliphatic heterocycles. The SMILES string of the molecule is CCNCc1cncc(-c2cnc3n[nH]c(-c4cc5c(-c6ccoc6)cncc5[nH]4)c3c2)c1. The van der Waals surface area contributed by atoms with E-state index in [1.807, 2.05) is 37.1 Å². The summed E-state index contributed by atoms with van der Waals surface area (Å²) in [6.45, 7) is 3.79. The molecule has 0 saturated heterocycles. The molecular formula is C25H21N7O. The summed E-state index contributed by atoms with van der Waals surface area (Å²) in [6.07, 6.45) is 12.7. The molecule has 0 amide bonds. The van der Waals surface area contributed by atoms with Crippen molar-refractivity contribution in [2.45, 2.75) is 13.5 Å². The summed E-state index contributed by atoms with van der Waals surface area (Å²) in [4.78, 5) is 16.9. The van der Waals surface area contributed by atoms with Crippen LogP contribution in [0.4, 0.5) is 0 Å². The Hall–Kier alpha value is -4.30. The highest BCUT2D eigenvalue weighted by Gasteiger charge is 2.15. The molecule has 6 aromatic rings. The smallest absolute Gasteiger partial charge is 0.181 e. The Balaban J connectivity index is 1.44. The van der Waals surface area contributed by atoms with Crippen molar-refractivity contribution in [3.05, 3.63) is 73.3 Å². The van der Waals surface area contributed by atoms with Crippen molar-refractivity contribution in [1.82, 2.24) is 35.5 Å². The minimum Gasteiger partial charge on any atom is -0.472 e. The number of nitrogens with zero attached hydrogens (tertiary/aromatic N) is 4. The first-order valence-corrected chi connectivity index (χ1v) is 10.8. The zero-order valence-electron chi connectivity index (χ0n) is 18.0. The van der Waals surface area contributed by atoms with E-state index in [2.05, 4.69) is 60.6 Å². The number of pyridine rings is 3. The first-order valence-electron chi connectivity index (χ1n) is 10.8. The van der Waals surface area contributed by atoms with E-state index in [0.29, 0.717) is 5.65 Å². The van der Waals surface area contributed by atoms with Crippen LogP contribution in [0.5, 0.6) is 0 Å². The molecule has 162 valence electrons. The molecule has 0 aliphatic carbocycles. The summed E-state index contributed by atoms with van der Waals surface area (Å²) >= 11 is 0. The highest BCUT2D eigenvalue weighted by molar-refractivity contribution is 6.00. The Kier molecular flexibility index (Phi) is 4.70. The van der Waals surface area contributed by atoms with Crippen molar-refractivity contribution < 1.29 is 4.42 Å². The van der Waals surface area contributed by atoms with Crippen LogP contribution in [0.25, 0.3) is 55.6 Å². The summed E-state index contributed by atoms with van der Waals surface area (Å²) in [6, 6.07) is 8.29. The molecule has 8 heteroatoms. The molecule has 0 saturated carbocycles. The third-order valence-corrected chi connectivity index (χ3v) is 5.76. The maximum Gasteiger partial charge on any atom is 0.181 e. The molecule has 0 bridgehead atoms. The summed E-state index contributed by atoms with van der Waals surface area (Å²) < 4.78 is 5.27. The van der Waals surface area contributed by atoms with E-state index >= 15 is 0 Å². The molecule has 0 unspecified atom stereocenters. The zero-order valence-corrected chi connectivity index (χ0v) is 18.0. The molecule has 0 atom stereocenters. The highest BCUT2D eigenvalue weighted by atomic mass is 16.3. The highest BCUT2D eigenvalue weighted by Crippen LogP contribution is 2.34. The van der Waals surface area contributed by atoms with Gasteiger partial charge in [0.1, 0.15) is 0 Å². The van der Waals surface area contributed by atoms with E-state index in [0.717, 1.165) is 68.6 Å². The fraction of sp³-hybridized carbons (Fsp3) is 0.120. The van der Waals surface area contributed by atoms with Gasteiger partial charge in [0.25, 0.3) is 0 Å². The van der Waals surface area contributed by atoms with Crippen LogP contribution >= 0.6 is 0 Å². The number of aromatic amines is 2. The average Bonchev–Trinajstić information content (AvgIpc) is 3.61. The maximum atomic E-state index is 5.27.